The van der Waals surface area contributed by atoms with E-state index in [4.69, 9.17) is 0 Å². The normalized spacial score (nSPS) is 35.8. The number of hydrogen-bond acceptors (Lipinski definition) is 0. The van der Waals surface area contributed by atoms with E-state index in [-0.39, 0.29) is 0 Å². The zero-order valence-corrected chi connectivity index (χ0v) is 10.9. The summed E-state index contributed by atoms with van der Waals surface area (Å²) in [6, 6.07) is 0. The second kappa shape index (κ2) is 4.24. The molecule has 0 aliphatic heterocycles. The molecule has 0 N–H and O–H groups in total. The van der Waals surface area contributed by atoms with Crippen molar-refractivity contribution in [1.29, 1.82) is 0 Å². The number of hydrogen-bond donors (Lipinski definition) is 0. The lowest BCUT2D eigenvalue weighted by atomic mass is 9.78. The van der Waals surface area contributed by atoms with E-state index in [1.165, 1.54) is 19.3 Å². The van der Waals surface area contributed by atoms with Crippen LogP contribution in [0.2, 0.25) is 0 Å². The predicted octanol–water partition coefficient (Wildman–Crippen LogP) is 4.74. The van der Waals surface area contributed by atoms with Gasteiger partial charge in [0.15, 0.2) is 0 Å². The highest BCUT2D eigenvalue weighted by Crippen LogP contribution is 2.62. The highest BCUT2D eigenvalue weighted by Gasteiger charge is 2.55. The van der Waals surface area contributed by atoms with Gasteiger partial charge in [0, 0.05) is 0 Å². The van der Waals surface area contributed by atoms with Crippen LogP contribution in [0.15, 0.2) is 0 Å². The lowest BCUT2D eigenvalue weighted by Gasteiger charge is -2.28. The van der Waals surface area contributed by atoms with Gasteiger partial charge in [0.2, 0.25) is 0 Å². The maximum Gasteiger partial charge on any atom is -0.0264 e. The van der Waals surface area contributed by atoms with Crippen molar-refractivity contribution in [2.24, 2.45) is 29.1 Å². The first-order chi connectivity index (χ1) is 6.43. The van der Waals surface area contributed by atoms with Crippen LogP contribution < -0.4 is 0 Å². The summed E-state index contributed by atoms with van der Waals surface area (Å²) >= 11 is 0. The molecule has 1 aliphatic carbocycles. The third-order valence-electron chi connectivity index (χ3n) is 4.79. The van der Waals surface area contributed by atoms with Gasteiger partial charge in [0.25, 0.3) is 0 Å². The van der Waals surface area contributed by atoms with Crippen LogP contribution in [0, 0.1) is 29.1 Å². The van der Waals surface area contributed by atoms with Gasteiger partial charge < -0.3 is 0 Å². The molecule has 84 valence electrons. The lowest BCUT2D eigenvalue weighted by Crippen LogP contribution is -2.20. The predicted molar refractivity (Wildman–Crippen MR) is 64.3 cm³/mol. The summed E-state index contributed by atoms with van der Waals surface area (Å²) in [6.45, 7) is 14.5. The Bertz CT molecular complexity index is 182. The molecule has 1 fully saturated rings. The van der Waals surface area contributed by atoms with Crippen LogP contribution in [-0.4, -0.2) is 0 Å². The maximum absolute atomic E-state index is 2.51. The van der Waals surface area contributed by atoms with Crippen molar-refractivity contribution in [2.45, 2.75) is 60.8 Å². The average molecular weight is 196 g/mol. The van der Waals surface area contributed by atoms with E-state index >= 15 is 0 Å². The summed E-state index contributed by atoms with van der Waals surface area (Å²) in [6.07, 6.45) is 4.22. The van der Waals surface area contributed by atoms with Crippen molar-refractivity contribution in [2.75, 3.05) is 0 Å². The molecule has 0 radical (unpaired) electrons. The Kier molecular flexibility index (Phi) is 3.66. The molecule has 0 saturated heterocycles. The van der Waals surface area contributed by atoms with E-state index in [0.717, 1.165) is 23.7 Å². The van der Waals surface area contributed by atoms with Crippen molar-refractivity contribution in [3.8, 4) is 0 Å². The lowest BCUT2D eigenvalue weighted by molar-refractivity contribution is 0.214. The fraction of sp³-hybridized carbons (Fsp3) is 1.00. The minimum Gasteiger partial charge on any atom is -0.0654 e. The fourth-order valence-corrected chi connectivity index (χ4v) is 3.29. The summed E-state index contributed by atoms with van der Waals surface area (Å²) < 4.78 is 0. The maximum atomic E-state index is 2.51. The van der Waals surface area contributed by atoms with Crippen LogP contribution >= 0.6 is 0 Å². The minimum absolute atomic E-state index is 0.669. The average Bonchev–Trinajstić information content (AvgIpc) is 2.79. The molecule has 14 heavy (non-hydrogen) atoms. The smallest absolute Gasteiger partial charge is 0.0264 e. The van der Waals surface area contributed by atoms with Crippen LogP contribution in [0.5, 0.6) is 0 Å². The first-order valence-electron chi connectivity index (χ1n) is 6.43. The van der Waals surface area contributed by atoms with Gasteiger partial charge in [-0.2, -0.15) is 0 Å². The number of rotatable bonds is 5. The Labute approximate surface area is 90.5 Å². The molecule has 0 amide bonds. The van der Waals surface area contributed by atoms with Gasteiger partial charge in [0.05, 0.1) is 0 Å². The van der Waals surface area contributed by atoms with E-state index in [1.807, 2.05) is 0 Å². The molecule has 1 saturated carbocycles. The van der Waals surface area contributed by atoms with Gasteiger partial charge in [-0.3, -0.25) is 0 Å². The quantitative estimate of drug-likeness (QED) is 0.595. The third kappa shape index (κ3) is 2.15. The molecule has 0 aromatic heterocycles. The van der Waals surface area contributed by atoms with Crippen LogP contribution in [0.3, 0.4) is 0 Å². The second-order valence-electron chi connectivity index (χ2n) is 6.12. The summed E-state index contributed by atoms with van der Waals surface area (Å²) in [5.74, 6) is 3.71. The molecule has 0 spiro atoms. The largest absolute Gasteiger partial charge is 0.0654 e. The zero-order valence-electron chi connectivity index (χ0n) is 10.9. The van der Waals surface area contributed by atoms with Gasteiger partial charge in [0.1, 0.15) is 0 Å². The van der Waals surface area contributed by atoms with Crippen LogP contribution in [0.1, 0.15) is 60.8 Å². The molecule has 1 aliphatic rings. The highest BCUT2D eigenvalue weighted by molar-refractivity contribution is 5.03. The first-order valence-corrected chi connectivity index (χ1v) is 6.43. The van der Waals surface area contributed by atoms with Crippen LogP contribution in [0.25, 0.3) is 0 Å². The molecule has 0 aromatic carbocycles. The Morgan fingerprint density at radius 2 is 1.79 bits per heavy atom. The highest BCUT2D eigenvalue weighted by atomic mass is 14.6. The van der Waals surface area contributed by atoms with Gasteiger partial charge in [-0.05, 0) is 35.5 Å². The van der Waals surface area contributed by atoms with Gasteiger partial charge in [-0.15, -0.1) is 0 Å². The minimum atomic E-state index is 0.669. The van der Waals surface area contributed by atoms with Crippen molar-refractivity contribution in [3.05, 3.63) is 0 Å². The van der Waals surface area contributed by atoms with E-state index in [0.29, 0.717) is 5.41 Å². The molecule has 4 atom stereocenters. The van der Waals surface area contributed by atoms with Crippen molar-refractivity contribution in [1.82, 2.24) is 0 Å². The van der Waals surface area contributed by atoms with Crippen molar-refractivity contribution >= 4 is 0 Å². The Morgan fingerprint density at radius 1 is 1.21 bits per heavy atom. The molecular weight excluding hydrogens is 168 g/mol. The van der Waals surface area contributed by atoms with Crippen molar-refractivity contribution in [3.63, 3.8) is 0 Å². The second-order valence-corrected chi connectivity index (χ2v) is 6.12. The van der Waals surface area contributed by atoms with Crippen molar-refractivity contribution < 1.29 is 0 Å². The van der Waals surface area contributed by atoms with Crippen LogP contribution in [-0.2, 0) is 0 Å². The summed E-state index contributed by atoms with van der Waals surface area (Å²) in [5, 5.41) is 0. The Hall–Kier alpha value is 0. The van der Waals surface area contributed by atoms with E-state index < -0.39 is 0 Å². The molecule has 0 heteroatoms. The Morgan fingerprint density at radius 3 is 2.14 bits per heavy atom. The van der Waals surface area contributed by atoms with Gasteiger partial charge >= 0.3 is 0 Å². The third-order valence-corrected chi connectivity index (χ3v) is 4.79. The summed E-state index contributed by atoms with van der Waals surface area (Å²) in [5.41, 5.74) is 0.669. The van der Waals surface area contributed by atoms with Crippen LogP contribution in [0.4, 0.5) is 0 Å². The molecule has 0 aromatic rings. The molecule has 1 rings (SSSR count). The van der Waals surface area contributed by atoms with E-state index in [1.54, 1.807) is 0 Å². The molecule has 0 heterocycles. The van der Waals surface area contributed by atoms with E-state index in [9.17, 15) is 0 Å². The van der Waals surface area contributed by atoms with Gasteiger partial charge in [-0.1, -0.05) is 54.4 Å². The SMILES string of the molecule is CCCC(C)C(C)C1(C)CC1C(C)C. The monoisotopic (exact) mass is 196 g/mol. The topological polar surface area (TPSA) is 0 Å². The molecular formula is C14H28. The zero-order chi connectivity index (χ0) is 10.9. The molecule has 0 bridgehead atoms. The van der Waals surface area contributed by atoms with E-state index in [2.05, 4.69) is 41.5 Å². The van der Waals surface area contributed by atoms with Gasteiger partial charge in [-0.25, -0.2) is 0 Å². The summed E-state index contributed by atoms with van der Waals surface area (Å²) in [4.78, 5) is 0. The molecule has 4 unspecified atom stereocenters. The Balaban J connectivity index is 2.50. The first kappa shape index (κ1) is 12.1. The summed E-state index contributed by atoms with van der Waals surface area (Å²) in [7, 11) is 0. The molecule has 0 nitrogen and oxygen atoms in total. The fourth-order valence-electron chi connectivity index (χ4n) is 3.29. The standard InChI is InChI=1S/C14H28/c1-7-8-11(4)12(5)14(6)9-13(14)10(2)3/h10-13H,7-9H2,1-6H3.